The average molecular weight is 292 g/mol. The molecule has 2 aliphatic rings. The van der Waals surface area contributed by atoms with Crippen molar-refractivity contribution >= 4 is 0 Å². The zero-order chi connectivity index (χ0) is 14.7. The summed E-state index contributed by atoms with van der Waals surface area (Å²) >= 11 is 0. The standard InChI is InChI=1S/C17H25FN2O/c18-15-5-3-4-13(10-15)11-16(20-19)14-6-9-21-17(12-14)7-1-2-8-17/h3-5,10,14,16,20H,1-2,6-9,11-12,19H2. The lowest BCUT2D eigenvalue weighted by Crippen LogP contribution is -2.48. The molecule has 116 valence electrons. The highest BCUT2D eigenvalue weighted by Gasteiger charge is 2.41. The number of nitrogens with two attached hydrogens (primary N) is 1. The van der Waals surface area contributed by atoms with Crippen molar-refractivity contribution in [1.82, 2.24) is 5.43 Å². The molecule has 1 aliphatic carbocycles. The second kappa shape index (κ2) is 6.42. The Morgan fingerprint density at radius 1 is 1.38 bits per heavy atom. The van der Waals surface area contributed by atoms with Gasteiger partial charge in [-0.05, 0) is 55.7 Å². The normalized spacial score (nSPS) is 26.1. The van der Waals surface area contributed by atoms with Crippen LogP contribution < -0.4 is 11.3 Å². The predicted molar refractivity (Wildman–Crippen MR) is 81.1 cm³/mol. The maximum Gasteiger partial charge on any atom is 0.123 e. The van der Waals surface area contributed by atoms with Crippen LogP contribution in [0.3, 0.4) is 0 Å². The number of hydrogen-bond acceptors (Lipinski definition) is 3. The number of ether oxygens (including phenoxy) is 1. The van der Waals surface area contributed by atoms with E-state index in [0.29, 0.717) is 5.92 Å². The van der Waals surface area contributed by atoms with Crippen LogP contribution in [0.2, 0.25) is 0 Å². The first-order chi connectivity index (χ1) is 10.2. The average Bonchev–Trinajstić information content (AvgIpc) is 2.92. The Morgan fingerprint density at radius 3 is 2.90 bits per heavy atom. The van der Waals surface area contributed by atoms with E-state index in [1.165, 1.54) is 31.7 Å². The van der Waals surface area contributed by atoms with Crippen molar-refractivity contribution in [2.75, 3.05) is 6.61 Å². The first-order valence-electron chi connectivity index (χ1n) is 8.05. The van der Waals surface area contributed by atoms with Crippen LogP contribution in [0, 0.1) is 11.7 Å². The minimum atomic E-state index is -0.178. The molecule has 1 heterocycles. The molecule has 1 aromatic carbocycles. The third-order valence-corrected chi connectivity index (χ3v) is 5.17. The van der Waals surface area contributed by atoms with Gasteiger partial charge in [-0.25, -0.2) is 4.39 Å². The highest BCUT2D eigenvalue weighted by molar-refractivity contribution is 5.17. The lowest BCUT2D eigenvalue weighted by Gasteiger charge is -2.41. The number of halogens is 1. The molecule has 21 heavy (non-hydrogen) atoms. The summed E-state index contributed by atoms with van der Waals surface area (Å²) in [4.78, 5) is 0. The van der Waals surface area contributed by atoms with E-state index in [2.05, 4.69) is 5.43 Å². The molecule has 0 radical (unpaired) electrons. The third kappa shape index (κ3) is 3.44. The highest BCUT2D eigenvalue weighted by atomic mass is 19.1. The van der Waals surface area contributed by atoms with Crippen LogP contribution in [0.15, 0.2) is 24.3 Å². The summed E-state index contributed by atoms with van der Waals surface area (Å²) in [6.45, 7) is 0.825. The molecule has 4 heteroatoms. The van der Waals surface area contributed by atoms with Gasteiger partial charge >= 0.3 is 0 Å². The molecule has 3 rings (SSSR count). The molecule has 3 N–H and O–H groups in total. The minimum absolute atomic E-state index is 0.0972. The van der Waals surface area contributed by atoms with Crippen molar-refractivity contribution in [1.29, 1.82) is 0 Å². The molecule has 1 aliphatic heterocycles. The lowest BCUT2D eigenvalue weighted by atomic mass is 9.79. The zero-order valence-electron chi connectivity index (χ0n) is 12.5. The Bertz CT molecular complexity index is 474. The molecule has 0 bridgehead atoms. The summed E-state index contributed by atoms with van der Waals surface area (Å²) < 4.78 is 19.4. The van der Waals surface area contributed by atoms with Crippen LogP contribution in [-0.2, 0) is 11.2 Å². The van der Waals surface area contributed by atoms with E-state index < -0.39 is 0 Å². The van der Waals surface area contributed by atoms with Crippen molar-refractivity contribution in [3.8, 4) is 0 Å². The van der Waals surface area contributed by atoms with Crippen molar-refractivity contribution in [2.45, 2.75) is 56.6 Å². The molecule has 1 saturated heterocycles. The Morgan fingerprint density at radius 2 is 2.19 bits per heavy atom. The monoisotopic (exact) mass is 292 g/mol. The van der Waals surface area contributed by atoms with Crippen LogP contribution >= 0.6 is 0 Å². The van der Waals surface area contributed by atoms with Crippen LogP contribution in [0.25, 0.3) is 0 Å². The van der Waals surface area contributed by atoms with Gasteiger partial charge in [0.2, 0.25) is 0 Å². The quantitative estimate of drug-likeness (QED) is 0.662. The van der Waals surface area contributed by atoms with Crippen molar-refractivity contribution in [3.63, 3.8) is 0 Å². The third-order valence-electron chi connectivity index (χ3n) is 5.17. The van der Waals surface area contributed by atoms with Gasteiger partial charge in [-0.3, -0.25) is 11.3 Å². The van der Waals surface area contributed by atoms with Gasteiger partial charge in [-0.1, -0.05) is 25.0 Å². The van der Waals surface area contributed by atoms with Crippen LogP contribution in [0.5, 0.6) is 0 Å². The molecule has 1 saturated carbocycles. The summed E-state index contributed by atoms with van der Waals surface area (Å²) in [6, 6.07) is 7.01. The molecule has 0 amide bonds. The summed E-state index contributed by atoms with van der Waals surface area (Å²) in [6.07, 6.45) is 7.80. The molecule has 2 fully saturated rings. The molecular formula is C17H25FN2O. The predicted octanol–water partition coefficient (Wildman–Crippen LogP) is 2.94. The first-order valence-corrected chi connectivity index (χ1v) is 8.05. The minimum Gasteiger partial charge on any atom is -0.375 e. The Balaban J connectivity index is 1.67. The number of nitrogens with one attached hydrogen (secondary N) is 1. The number of hydrogen-bond donors (Lipinski definition) is 2. The summed E-state index contributed by atoms with van der Waals surface area (Å²) in [5, 5.41) is 0. The van der Waals surface area contributed by atoms with Crippen LogP contribution in [-0.4, -0.2) is 18.2 Å². The Labute approximate surface area is 126 Å². The fraction of sp³-hybridized carbons (Fsp3) is 0.647. The van der Waals surface area contributed by atoms with E-state index in [-0.39, 0.29) is 17.5 Å². The second-order valence-corrected chi connectivity index (χ2v) is 6.60. The van der Waals surface area contributed by atoms with E-state index in [9.17, 15) is 4.39 Å². The van der Waals surface area contributed by atoms with Crippen LogP contribution in [0.4, 0.5) is 4.39 Å². The van der Waals surface area contributed by atoms with E-state index >= 15 is 0 Å². The highest BCUT2D eigenvalue weighted by Crippen LogP contribution is 2.43. The smallest absolute Gasteiger partial charge is 0.123 e. The molecule has 3 nitrogen and oxygen atoms in total. The van der Waals surface area contributed by atoms with Gasteiger partial charge < -0.3 is 4.74 Å². The van der Waals surface area contributed by atoms with E-state index in [1.807, 2.05) is 6.07 Å². The lowest BCUT2D eigenvalue weighted by molar-refractivity contribution is -0.0978. The van der Waals surface area contributed by atoms with Crippen LogP contribution in [0.1, 0.15) is 44.1 Å². The molecule has 2 atom stereocenters. The zero-order valence-corrected chi connectivity index (χ0v) is 12.5. The largest absolute Gasteiger partial charge is 0.375 e. The molecule has 0 aromatic heterocycles. The maximum absolute atomic E-state index is 13.3. The molecule has 1 aromatic rings. The van der Waals surface area contributed by atoms with Gasteiger partial charge in [0.1, 0.15) is 5.82 Å². The van der Waals surface area contributed by atoms with Gasteiger partial charge in [0.05, 0.1) is 5.60 Å². The van der Waals surface area contributed by atoms with E-state index in [4.69, 9.17) is 10.6 Å². The fourth-order valence-corrected chi connectivity index (χ4v) is 4.06. The Hall–Kier alpha value is -0.970. The molecule has 2 unspecified atom stereocenters. The van der Waals surface area contributed by atoms with Crippen molar-refractivity contribution in [3.05, 3.63) is 35.6 Å². The van der Waals surface area contributed by atoms with Gasteiger partial charge in [-0.2, -0.15) is 0 Å². The summed E-state index contributed by atoms with van der Waals surface area (Å²) in [5.41, 5.74) is 4.07. The topological polar surface area (TPSA) is 47.3 Å². The Kier molecular flexibility index (Phi) is 4.57. The maximum atomic E-state index is 13.3. The number of rotatable bonds is 4. The number of benzene rings is 1. The molecule has 1 spiro atoms. The molecular weight excluding hydrogens is 267 g/mol. The van der Waals surface area contributed by atoms with E-state index in [1.54, 1.807) is 12.1 Å². The SMILES string of the molecule is NNC(Cc1cccc(F)c1)C1CCOC2(CCCC2)C1. The van der Waals surface area contributed by atoms with E-state index in [0.717, 1.165) is 31.4 Å². The summed E-state index contributed by atoms with van der Waals surface area (Å²) in [7, 11) is 0. The van der Waals surface area contributed by atoms with Gasteiger partial charge in [0.15, 0.2) is 0 Å². The fourth-order valence-electron chi connectivity index (χ4n) is 4.06. The van der Waals surface area contributed by atoms with Gasteiger partial charge in [-0.15, -0.1) is 0 Å². The van der Waals surface area contributed by atoms with Crippen molar-refractivity contribution < 1.29 is 9.13 Å². The van der Waals surface area contributed by atoms with Crippen molar-refractivity contribution in [2.24, 2.45) is 11.8 Å². The van der Waals surface area contributed by atoms with Gasteiger partial charge in [0.25, 0.3) is 0 Å². The number of hydrazine groups is 1. The van der Waals surface area contributed by atoms with Gasteiger partial charge in [0, 0.05) is 12.6 Å². The first kappa shape index (κ1) is 14.9. The second-order valence-electron chi connectivity index (χ2n) is 6.60. The summed E-state index contributed by atoms with van der Waals surface area (Å²) in [5.74, 6) is 6.12.